The molecule has 0 aromatic heterocycles. The van der Waals surface area contributed by atoms with E-state index in [0.29, 0.717) is 19.4 Å². The number of likely N-dealkylation sites (tertiary alicyclic amines) is 1. The molecule has 1 aromatic rings. The van der Waals surface area contributed by atoms with Crippen molar-refractivity contribution in [3.63, 3.8) is 0 Å². The van der Waals surface area contributed by atoms with E-state index in [-0.39, 0.29) is 66.6 Å². The Hall–Kier alpha value is -3.04. The number of ether oxygens (including phenoxy) is 2. The number of hydrogen-bond donors (Lipinski definition) is 3. The Kier molecular flexibility index (Phi) is 27.6. The van der Waals surface area contributed by atoms with Crippen molar-refractivity contribution in [2.45, 2.75) is 137 Å². The topological polar surface area (TPSA) is 145 Å². The van der Waals surface area contributed by atoms with E-state index < -0.39 is 24.2 Å². The molecule has 14 heteroatoms. The molecule has 8 atom stereocenters. The number of methoxy groups -OCH3 is 2. The van der Waals surface area contributed by atoms with Gasteiger partial charge in [-0.15, -0.1) is 11.8 Å². The molecule has 2 saturated heterocycles. The molecule has 344 valence electrons. The van der Waals surface area contributed by atoms with Gasteiger partial charge in [0, 0.05) is 61.0 Å². The third-order valence-electron chi connectivity index (χ3n) is 11.5. The van der Waals surface area contributed by atoms with Gasteiger partial charge < -0.3 is 35.2 Å². The van der Waals surface area contributed by atoms with Crippen molar-refractivity contribution < 1.29 is 28.7 Å². The van der Waals surface area contributed by atoms with Gasteiger partial charge in [-0.3, -0.25) is 29.1 Å². The van der Waals surface area contributed by atoms with Crippen LogP contribution in [0.4, 0.5) is 0 Å². The van der Waals surface area contributed by atoms with E-state index in [0.717, 1.165) is 49.6 Å². The lowest BCUT2D eigenvalue weighted by molar-refractivity contribution is -0.146. The molecule has 0 radical (unpaired) electrons. The second-order valence-corrected chi connectivity index (χ2v) is 16.9. The van der Waals surface area contributed by atoms with E-state index in [1.807, 2.05) is 76.1 Å². The van der Waals surface area contributed by atoms with Crippen LogP contribution in [0.1, 0.15) is 100.0 Å². The predicted molar refractivity (Wildman–Crippen MR) is 248 cm³/mol. The van der Waals surface area contributed by atoms with Gasteiger partial charge in [0.1, 0.15) is 0 Å². The number of nitrogens with zero attached hydrogens (tertiary/aromatic N) is 4. The highest BCUT2D eigenvalue weighted by molar-refractivity contribution is 8.13. The van der Waals surface area contributed by atoms with Crippen molar-refractivity contribution in [1.29, 1.82) is 0 Å². The molecule has 3 rings (SSSR count). The van der Waals surface area contributed by atoms with E-state index in [1.54, 1.807) is 33.2 Å². The van der Waals surface area contributed by atoms with Crippen LogP contribution in [0.3, 0.4) is 0 Å². The molecule has 2 aliphatic rings. The van der Waals surface area contributed by atoms with E-state index in [2.05, 4.69) is 53.5 Å². The highest BCUT2D eigenvalue weighted by atomic mass is 32.2. The summed E-state index contributed by atoms with van der Waals surface area (Å²) in [6.07, 6.45) is 5.01. The SMILES string of the molecule is CC.CCC.CCC(C)C(C(CC(=O)N1CCCC1C(OC)C(C)C(=O)NC(Cc1ccccc1)C(=NC)SC)OC)N(C)C(=O)CNC(=O)C(C(C)C)N1CCNCC1. The largest absolute Gasteiger partial charge is 0.379 e. The van der Waals surface area contributed by atoms with Gasteiger partial charge in [-0.2, -0.15) is 0 Å². The molecular formula is C46H83N7O6S. The van der Waals surface area contributed by atoms with Crippen LogP contribution in [-0.2, 0) is 35.1 Å². The van der Waals surface area contributed by atoms with Crippen LogP contribution in [0.25, 0.3) is 0 Å². The van der Waals surface area contributed by atoms with Crippen LogP contribution in [0, 0.1) is 17.8 Å². The lowest BCUT2D eigenvalue weighted by Crippen LogP contribution is -2.57. The number of amides is 4. The maximum absolute atomic E-state index is 14.2. The normalized spacial score (nSPS) is 19.3. The maximum Gasteiger partial charge on any atom is 0.242 e. The predicted octanol–water partition coefficient (Wildman–Crippen LogP) is 5.51. The molecule has 0 saturated carbocycles. The van der Waals surface area contributed by atoms with Gasteiger partial charge in [-0.1, -0.05) is 105 Å². The van der Waals surface area contributed by atoms with Gasteiger partial charge in [-0.25, -0.2) is 0 Å². The number of carbonyl (C=O) groups excluding carboxylic acids is 4. The zero-order valence-electron chi connectivity index (χ0n) is 39.7. The van der Waals surface area contributed by atoms with Crippen molar-refractivity contribution in [3.05, 3.63) is 35.9 Å². The van der Waals surface area contributed by atoms with Gasteiger partial charge >= 0.3 is 0 Å². The van der Waals surface area contributed by atoms with E-state index >= 15 is 0 Å². The van der Waals surface area contributed by atoms with E-state index in [4.69, 9.17) is 9.47 Å². The van der Waals surface area contributed by atoms with Crippen molar-refractivity contribution in [3.8, 4) is 0 Å². The molecule has 60 heavy (non-hydrogen) atoms. The number of carbonyl (C=O) groups is 4. The third kappa shape index (κ3) is 16.7. The molecule has 2 fully saturated rings. The summed E-state index contributed by atoms with van der Waals surface area (Å²) in [5.41, 5.74) is 1.09. The molecule has 8 unspecified atom stereocenters. The summed E-state index contributed by atoms with van der Waals surface area (Å²) in [4.78, 5) is 65.3. The second-order valence-electron chi connectivity index (χ2n) is 16.1. The van der Waals surface area contributed by atoms with Crippen molar-refractivity contribution in [1.82, 2.24) is 30.7 Å². The van der Waals surface area contributed by atoms with Crippen LogP contribution < -0.4 is 16.0 Å². The van der Waals surface area contributed by atoms with Crippen LogP contribution in [0.15, 0.2) is 35.3 Å². The summed E-state index contributed by atoms with van der Waals surface area (Å²) in [5, 5.41) is 10.3. The summed E-state index contributed by atoms with van der Waals surface area (Å²) in [6, 6.07) is 8.69. The monoisotopic (exact) mass is 862 g/mol. The zero-order valence-corrected chi connectivity index (χ0v) is 40.5. The first-order valence-corrected chi connectivity index (χ1v) is 23.6. The van der Waals surface area contributed by atoms with Crippen molar-refractivity contribution in [2.24, 2.45) is 22.7 Å². The fourth-order valence-corrected chi connectivity index (χ4v) is 8.92. The van der Waals surface area contributed by atoms with Crippen molar-refractivity contribution in [2.75, 3.05) is 73.8 Å². The first-order chi connectivity index (χ1) is 28.7. The first-order valence-electron chi connectivity index (χ1n) is 22.4. The molecule has 0 aliphatic carbocycles. The van der Waals surface area contributed by atoms with Gasteiger partial charge in [0.25, 0.3) is 0 Å². The second kappa shape index (κ2) is 30.1. The standard InChI is InChI=1S/C41H69N7O6S.C3H8.C2H6/c1-11-28(4)37(46(7)35(50)26-44-40(52)36(27(2)3)47-22-19-43-20-23-47)33(53-8)25-34(49)48-21-15-18-32(48)38(54-9)29(5)39(51)45-31(41(42-6)55-10)24-30-16-13-12-14-17-30;1-3-2;1-2/h12-14,16-17,27-29,31-33,36-38,43H,11,15,18-26H2,1-10H3,(H,44,52)(H,45,51);3H2,1-2H3;1-2H3. The van der Waals surface area contributed by atoms with Crippen LogP contribution in [-0.4, -0.2) is 154 Å². The Morgan fingerprint density at radius 3 is 2.10 bits per heavy atom. The minimum atomic E-state index is -0.587. The third-order valence-corrected chi connectivity index (χ3v) is 12.4. The highest BCUT2D eigenvalue weighted by Gasteiger charge is 2.42. The summed E-state index contributed by atoms with van der Waals surface area (Å²) >= 11 is 1.52. The Morgan fingerprint density at radius 1 is 0.967 bits per heavy atom. The van der Waals surface area contributed by atoms with Gasteiger partial charge in [0.15, 0.2) is 0 Å². The van der Waals surface area contributed by atoms with Crippen LogP contribution in [0.5, 0.6) is 0 Å². The number of rotatable bonds is 20. The summed E-state index contributed by atoms with van der Waals surface area (Å²) in [6.45, 7) is 21.9. The highest BCUT2D eigenvalue weighted by Crippen LogP contribution is 2.29. The Morgan fingerprint density at radius 2 is 1.58 bits per heavy atom. The lowest BCUT2D eigenvalue weighted by atomic mass is 9.90. The Labute approximate surface area is 368 Å². The number of nitrogens with one attached hydrogen (secondary N) is 3. The molecule has 0 bridgehead atoms. The van der Waals surface area contributed by atoms with E-state index in [9.17, 15) is 19.2 Å². The molecule has 13 nitrogen and oxygen atoms in total. The number of piperazine rings is 1. The smallest absolute Gasteiger partial charge is 0.242 e. The lowest BCUT2D eigenvalue weighted by Gasteiger charge is -2.39. The molecule has 4 amide bonds. The first kappa shape index (κ1) is 55.0. The quantitative estimate of drug-likeness (QED) is 0.114. The molecule has 2 aliphatic heterocycles. The number of hydrogen-bond acceptors (Lipinski definition) is 10. The number of thioether (sulfide) groups is 1. The van der Waals surface area contributed by atoms with Crippen LogP contribution in [0.2, 0.25) is 0 Å². The van der Waals surface area contributed by atoms with Crippen molar-refractivity contribution >= 4 is 40.4 Å². The number of benzene rings is 1. The minimum Gasteiger partial charge on any atom is -0.379 e. The molecular weight excluding hydrogens is 779 g/mol. The Bertz CT molecular complexity index is 1410. The molecule has 0 spiro atoms. The summed E-state index contributed by atoms with van der Waals surface area (Å²) < 4.78 is 12.0. The Balaban J connectivity index is 0.00000344. The maximum atomic E-state index is 14.2. The van der Waals surface area contributed by atoms with Gasteiger partial charge in [0.05, 0.1) is 60.3 Å². The van der Waals surface area contributed by atoms with Gasteiger partial charge in [-0.05, 0) is 42.9 Å². The fraction of sp³-hybridized carbons (Fsp3) is 0.761. The molecule has 1 aromatic carbocycles. The summed E-state index contributed by atoms with van der Waals surface area (Å²) in [7, 11) is 6.64. The summed E-state index contributed by atoms with van der Waals surface area (Å²) in [5.74, 6) is -1.10. The average molecular weight is 862 g/mol. The molecule has 3 N–H and O–H groups in total. The number of likely N-dealkylation sites (N-methyl/N-ethyl adjacent to an activating group) is 1. The van der Waals surface area contributed by atoms with Gasteiger partial charge in [0.2, 0.25) is 23.6 Å². The van der Waals surface area contributed by atoms with Crippen LogP contribution >= 0.6 is 11.8 Å². The fourth-order valence-electron chi connectivity index (χ4n) is 8.31. The molecule has 2 heterocycles. The minimum absolute atomic E-state index is 0.0122. The van der Waals surface area contributed by atoms with E-state index in [1.165, 1.54) is 18.2 Å². The number of aliphatic imine (C=N–C) groups is 1. The average Bonchev–Trinajstić information content (AvgIpc) is 3.74. The zero-order chi connectivity index (χ0) is 45.4.